The minimum absolute atomic E-state index is 0.254. The highest BCUT2D eigenvalue weighted by Gasteiger charge is 2.06. The summed E-state index contributed by atoms with van der Waals surface area (Å²) in [5.74, 6) is 0.254. The summed E-state index contributed by atoms with van der Waals surface area (Å²) in [6.07, 6.45) is 3.86. The summed E-state index contributed by atoms with van der Waals surface area (Å²) in [6, 6.07) is 0. The molecule has 0 saturated carbocycles. The lowest BCUT2D eigenvalue weighted by atomic mass is 10.1. The maximum atomic E-state index is 10.4. The number of carbonyl (C=O) groups excluding carboxylic acids is 1. The molecule has 0 saturated heterocycles. The van der Waals surface area contributed by atoms with Crippen molar-refractivity contribution in [2.75, 3.05) is 0 Å². The van der Waals surface area contributed by atoms with Crippen molar-refractivity contribution in [3.05, 3.63) is 23.8 Å². The molecule has 0 amide bonds. The Morgan fingerprint density at radius 2 is 2.00 bits per heavy atom. The highest BCUT2D eigenvalue weighted by molar-refractivity contribution is 5.73. The van der Waals surface area contributed by atoms with E-state index in [0.717, 1.165) is 12.0 Å². The van der Waals surface area contributed by atoms with Crippen molar-refractivity contribution in [1.29, 1.82) is 0 Å². The van der Waals surface area contributed by atoms with Gasteiger partial charge < -0.3 is 0 Å². The minimum Gasteiger partial charge on any atom is -0.296 e. The zero-order valence-corrected chi connectivity index (χ0v) is 6.61. The lowest BCUT2D eigenvalue weighted by molar-refractivity contribution is 0.111. The van der Waals surface area contributed by atoms with Gasteiger partial charge in [-0.3, -0.25) is 9.78 Å². The molecule has 0 fully saturated rings. The van der Waals surface area contributed by atoms with Gasteiger partial charge in [-0.25, -0.2) is 4.98 Å². The van der Waals surface area contributed by atoms with Crippen molar-refractivity contribution in [3.8, 4) is 0 Å². The van der Waals surface area contributed by atoms with Crippen LogP contribution in [0.25, 0.3) is 0 Å². The standard InChI is InChI=1S/C8H10N2O/c1-6(2)8-7(5-11)9-3-4-10-8/h3-6H,1-2H3. The molecule has 11 heavy (non-hydrogen) atoms. The largest absolute Gasteiger partial charge is 0.296 e. The van der Waals surface area contributed by atoms with Gasteiger partial charge in [-0.2, -0.15) is 0 Å². The van der Waals surface area contributed by atoms with Crippen molar-refractivity contribution in [3.63, 3.8) is 0 Å². The van der Waals surface area contributed by atoms with Crippen LogP contribution in [0.2, 0.25) is 0 Å². The molecule has 3 heteroatoms. The van der Waals surface area contributed by atoms with E-state index in [2.05, 4.69) is 9.97 Å². The number of nitrogens with zero attached hydrogens (tertiary/aromatic N) is 2. The molecule has 1 rings (SSSR count). The maximum Gasteiger partial charge on any atom is 0.170 e. The summed E-state index contributed by atoms with van der Waals surface area (Å²) in [5, 5.41) is 0. The number of aromatic nitrogens is 2. The number of aldehydes is 1. The predicted molar refractivity (Wildman–Crippen MR) is 41.5 cm³/mol. The minimum atomic E-state index is 0.254. The fraction of sp³-hybridized carbons (Fsp3) is 0.375. The topological polar surface area (TPSA) is 42.9 Å². The van der Waals surface area contributed by atoms with Crippen molar-refractivity contribution < 1.29 is 4.79 Å². The van der Waals surface area contributed by atoms with E-state index in [0.29, 0.717) is 5.69 Å². The molecule has 0 spiro atoms. The Morgan fingerprint density at radius 1 is 1.36 bits per heavy atom. The molecule has 0 aliphatic rings. The number of hydrogen-bond donors (Lipinski definition) is 0. The van der Waals surface area contributed by atoms with Crippen LogP contribution in [-0.2, 0) is 0 Å². The molecule has 1 aromatic heterocycles. The van der Waals surface area contributed by atoms with E-state index >= 15 is 0 Å². The van der Waals surface area contributed by atoms with Gasteiger partial charge in [-0.05, 0) is 5.92 Å². The van der Waals surface area contributed by atoms with Gasteiger partial charge in [0.1, 0.15) is 5.69 Å². The summed E-state index contributed by atoms with van der Waals surface area (Å²) in [5.41, 5.74) is 1.21. The van der Waals surface area contributed by atoms with E-state index in [4.69, 9.17) is 0 Å². The Hall–Kier alpha value is -1.25. The van der Waals surface area contributed by atoms with Gasteiger partial charge in [0.05, 0.1) is 5.69 Å². The average molecular weight is 150 g/mol. The van der Waals surface area contributed by atoms with Crippen LogP contribution in [0.5, 0.6) is 0 Å². The lowest BCUT2D eigenvalue weighted by Crippen LogP contribution is -2.00. The van der Waals surface area contributed by atoms with Gasteiger partial charge in [0.15, 0.2) is 6.29 Å². The second-order valence-electron chi connectivity index (χ2n) is 2.60. The maximum absolute atomic E-state index is 10.4. The predicted octanol–water partition coefficient (Wildman–Crippen LogP) is 1.41. The number of carbonyl (C=O) groups is 1. The van der Waals surface area contributed by atoms with Gasteiger partial charge >= 0.3 is 0 Å². The smallest absolute Gasteiger partial charge is 0.170 e. The SMILES string of the molecule is CC(C)c1nccnc1C=O. The first-order valence-electron chi connectivity index (χ1n) is 3.51. The van der Waals surface area contributed by atoms with Crippen molar-refractivity contribution >= 4 is 6.29 Å². The molecule has 1 aromatic rings. The molecule has 58 valence electrons. The first-order valence-corrected chi connectivity index (χ1v) is 3.51. The highest BCUT2D eigenvalue weighted by Crippen LogP contribution is 2.11. The molecule has 0 unspecified atom stereocenters. The summed E-state index contributed by atoms with van der Waals surface area (Å²) >= 11 is 0. The van der Waals surface area contributed by atoms with Crippen molar-refractivity contribution in [1.82, 2.24) is 9.97 Å². The van der Waals surface area contributed by atoms with Crippen LogP contribution in [0, 0.1) is 0 Å². The summed E-state index contributed by atoms with van der Waals surface area (Å²) < 4.78 is 0. The zero-order valence-electron chi connectivity index (χ0n) is 6.61. The number of rotatable bonds is 2. The Balaban J connectivity index is 3.12. The first-order chi connectivity index (χ1) is 5.25. The summed E-state index contributed by atoms with van der Waals surface area (Å²) in [7, 11) is 0. The van der Waals surface area contributed by atoms with E-state index in [9.17, 15) is 4.79 Å². The van der Waals surface area contributed by atoms with Gasteiger partial charge in [-0.1, -0.05) is 13.8 Å². The molecule has 3 nitrogen and oxygen atoms in total. The van der Waals surface area contributed by atoms with Crippen LogP contribution in [0.3, 0.4) is 0 Å². The molecule has 0 bridgehead atoms. The quantitative estimate of drug-likeness (QED) is 0.598. The van der Waals surface area contributed by atoms with E-state index in [1.807, 2.05) is 13.8 Å². The van der Waals surface area contributed by atoms with Gasteiger partial charge in [0.2, 0.25) is 0 Å². The fourth-order valence-corrected chi connectivity index (χ4v) is 0.895. The molecule has 0 N–H and O–H groups in total. The Bertz CT molecular complexity index is 258. The second kappa shape index (κ2) is 3.23. The van der Waals surface area contributed by atoms with E-state index < -0.39 is 0 Å². The van der Waals surface area contributed by atoms with Crippen molar-refractivity contribution in [2.45, 2.75) is 19.8 Å². The fourth-order valence-electron chi connectivity index (χ4n) is 0.895. The average Bonchev–Trinajstić information content (AvgIpc) is 2.04. The Kier molecular flexibility index (Phi) is 2.31. The lowest BCUT2D eigenvalue weighted by Gasteiger charge is -2.03. The second-order valence-corrected chi connectivity index (χ2v) is 2.60. The van der Waals surface area contributed by atoms with E-state index in [-0.39, 0.29) is 5.92 Å². The normalized spacial score (nSPS) is 10.1. The molecule has 1 heterocycles. The Morgan fingerprint density at radius 3 is 2.45 bits per heavy atom. The van der Waals surface area contributed by atoms with Crippen LogP contribution < -0.4 is 0 Å². The van der Waals surface area contributed by atoms with Gasteiger partial charge in [-0.15, -0.1) is 0 Å². The molecule has 0 radical (unpaired) electrons. The Labute approximate surface area is 65.5 Å². The van der Waals surface area contributed by atoms with Crippen LogP contribution in [-0.4, -0.2) is 16.3 Å². The van der Waals surface area contributed by atoms with Gasteiger partial charge in [0, 0.05) is 12.4 Å². The monoisotopic (exact) mass is 150 g/mol. The molecule has 0 aliphatic heterocycles. The van der Waals surface area contributed by atoms with Crippen LogP contribution in [0.4, 0.5) is 0 Å². The van der Waals surface area contributed by atoms with Crippen LogP contribution in [0.1, 0.15) is 35.9 Å². The highest BCUT2D eigenvalue weighted by atomic mass is 16.1. The van der Waals surface area contributed by atoms with Crippen LogP contribution in [0.15, 0.2) is 12.4 Å². The van der Waals surface area contributed by atoms with E-state index in [1.165, 1.54) is 6.20 Å². The summed E-state index contributed by atoms with van der Waals surface area (Å²) in [6.45, 7) is 3.97. The number of hydrogen-bond acceptors (Lipinski definition) is 3. The molecular formula is C8H10N2O. The summed E-state index contributed by atoms with van der Waals surface area (Å²) in [4.78, 5) is 18.4. The van der Waals surface area contributed by atoms with Crippen LogP contribution >= 0.6 is 0 Å². The third-order valence-electron chi connectivity index (χ3n) is 1.41. The molecular weight excluding hydrogens is 140 g/mol. The van der Waals surface area contributed by atoms with E-state index in [1.54, 1.807) is 6.20 Å². The van der Waals surface area contributed by atoms with Gasteiger partial charge in [0.25, 0.3) is 0 Å². The zero-order chi connectivity index (χ0) is 8.27. The third-order valence-corrected chi connectivity index (χ3v) is 1.41. The molecule has 0 atom stereocenters. The molecule has 0 aliphatic carbocycles. The first kappa shape index (κ1) is 7.85. The van der Waals surface area contributed by atoms with Crippen molar-refractivity contribution in [2.24, 2.45) is 0 Å². The third kappa shape index (κ3) is 1.61. The molecule has 0 aromatic carbocycles.